The van der Waals surface area contributed by atoms with Crippen molar-refractivity contribution in [1.29, 1.82) is 0 Å². The molecule has 2 bridgehead atoms. The van der Waals surface area contributed by atoms with Crippen molar-refractivity contribution in [2.45, 2.75) is 77.0 Å². The van der Waals surface area contributed by atoms with Crippen LogP contribution < -0.4 is 10.9 Å². The van der Waals surface area contributed by atoms with E-state index in [1.165, 1.54) is 0 Å². The van der Waals surface area contributed by atoms with E-state index >= 15 is 0 Å². The fourth-order valence-corrected chi connectivity index (χ4v) is 5.65. The molecule has 3 fully saturated rings. The third-order valence-corrected chi connectivity index (χ3v) is 7.40. The van der Waals surface area contributed by atoms with Crippen LogP contribution in [0.1, 0.15) is 73.8 Å². The van der Waals surface area contributed by atoms with E-state index in [2.05, 4.69) is 5.32 Å². The van der Waals surface area contributed by atoms with Gasteiger partial charge in [0.1, 0.15) is 5.56 Å². The van der Waals surface area contributed by atoms with Gasteiger partial charge in [-0.05, 0) is 68.9 Å². The van der Waals surface area contributed by atoms with Gasteiger partial charge in [-0.15, -0.1) is 0 Å². The number of hydrogen-bond donors (Lipinski definition) is 2. The fourth-order valence-electron chi connectivity index (χ4n) is 5.65. The van der Waals surface area contributed by atoms with Gasteiger partial charge < -0.3 is 19.9 Å². The number of fused-ring (bicyclic) bond motifs is 2. The number of piperidine rings is 1. The van der Waals surface area contributed by atoms with Crippen molar-refractivity contribution in [3.8, 4) is 0 Å². The summed E-state index contributed by atoms with van der Waals surface area (Å²) in [6.07, 6.45) is 6.89. The zero-order chi connectivity index (χ0) is 21.4. The van der Waals surface area contributed by atoms with Crippen molar-refractivity contribution in [1.82, 2.24) is 14.8 Å². The first-order chi connectivity index (χ1) is 14.4. The average Bonchev–Trinajstić information content (AvgIpc) is 2.95. The molecule has 4 rings (SSSR count). The summed E-state index contributed by atoms with van der Waals surface area (Å²) in [6.45, 7) is 5.07. The minimum atomic E-state index is -0.292. The lowest BCUT2D eigenvalue weighted by molar-refractivity contribution is -0.133. The van der Waals surface area contributed by atoms with E-state index in [-0.39, 0.29) is 53.0 Å². The van der Waals surface area contributed by atoms with Crippen LogP contribution in [0.4, 0.5) is 0 Å². The molecule has 7 heteroatoms. The molecule has 164 valence electrons. The van der Waals surface area contributed by atoms with Crippen LogP contribution in [0.2, 0.25) is 0 Å². The predicted octanol–water partition coefficient (Wildman–Crippen LogP) is 2.01. The van der Waals surface area contributed by atoms with Crippen LogP contribution in [0.15, 0.2) is 17.1 Å². The van der Waals surface area contributed by atoms with Crippen LogP contribution in [0.3, 0.4) is 0 Å². The molecular weight excluding hydrogens is 382 g/mol. The maximum absolute atomic E-state index is 13.2. The molecule has 0 aromatic carbocycles. The van der Waals surface area contributed by atoms with E-state index in [0.717, 1.165) is 25.7 Å². The van der Waals surface area contributed by atoms with Crippen molar-refractivity contribution >= 4 is 11.8 Å². The van der Waals surface area contributed by atoms with Gasteiger partial charge in [-0.3, -0.25) is 14.4 Å². The number of aromatic nitrogens is 1. The predicted molar refractivity (Wildman–Crippen MR) is 113 cm³/mol. The number of hydrogen-bond acceptors (Lipinski definition) is 4. The van der Waals surface area contributed by atoms with Gasteiger partial charge in [0.25, 0.3) is 11.5 Å². The summed E-state index contributed by atoms with van der Waals surface area (Å²) in [7, 11) is 0. The maximum Gasteiger partial charge on any atom is 0.263 e. The molecule has 3 atom stereocenters. The maximum atomic E-state index is 13.2. The number of carbonyl (C=O) groups is 2. The topological polar surface area (TPSA) is 91.6 Å². The second-order valence-electron chi connectivity index (χ2n) is 9.30. The summed E-state index contributed by atoms with van der Waals surface area (Å²) in [6, 6.07) is 1.90. The molecule has 1 aromatic heterocycles. The molecule has 0 radical (unpaired) electrons. The van der Waals surface area contributed by atoms with Crippen molar-refractivity contribution in [3.05, 3.63) is 33.7 Å². The van der Waals surface area contributed by atoms with E-state index in [9.17, 15) is 19.5 Å². The third kappa shape index (κ3) is 3.92. The molecule has 3 aliphatic rings. The van der Waals surface area contributed by atoms with Crippen molar-refractivity contribution in [2.24, 2.45) is 11.8 Å². The summed E-state index contributed by atoms with van der Waals surface area (Å²) >= 11 is 0. The highest BCUT2D eigenvalue weighted by Crippen LogP contribution is 2.37. The monoisotopic (exact) mass is 415 g/mol. The Balaban J connectivity index is 1.51. The fraction of sp³-hybridized carbons (Fsp3) is 0.696. The zero-order valence-corrected chi connectivity index (χ0v) is 18.0. The summed E-state index contributed by atoms with van der Waals surface area (Å²) in [5, 5.41) is 12.9. The highest BCUT2D eigenvalue weighted by Gasteiger charge is 2.44. The first-order valence-electron chi connectivity index (χ1n) is 11.4. The first-order valence-corrected chi connectivity index (χ1v) is 11.4. The number of likely N-dealkylation sites (tertiary alicyclic amines) is 1. The summed E-state index contributed by atoms with van der Waals surface area (Å²) in [5.74, 6) is 0.402. The van der Waals surface area contributed by atoms with Crippen LogP contribution in [-0.4, -0.2) is 51.6 Å². The number of nitrogens with one attached hydrogen (secondary N) is 1. The number of amides is 2. The van der Waals surface area contributed by atoms with Crippen LogP contribution in [0, 0.1) is 18.8 Å². The minimum Gasteiger partial charge on any atom is -0.393 e. The van der Waals surface area contributed by atoms with Gasteiger partial charge in [-0.1, -0.05) is 6.92 Å². The van der Waals surface area contributed by atoms with E-state index in [1.807, 2.05) is 24.8 Å². The van der Waals surface area contributed by atoms with Gasteiger partial charge in [-0.2, -0.15) is 0 Å². The highest BCUT2D eigenvalue weighted by molar-refractivity contribution is 5.95. The molecule has 1 aliphatic heterocycles. The van der Waals surface area contributed by atoms with Crippen molar-refractivity contribution in [3.63, 3.8) is 0 Å². The lowest BCUT2D eigenvalue weighted by Crippen LogP contribution is -2.54. The molecular formula is C23H33N3O4. The van der Waals surface area contributed by atoms with Gasteiger partial charge in [0, 0.05) is 37.8 Å². The van der Waals surface area contributed by atoms with Crippen molar-refractivity contribution in [2.75, 3.05) is 13.1 Å². The molecule has 1 unspecified atom stereocenters. The van der Waals surface area contributed by atoms with Gasteiger partial charge in [-0.25, -0.2) is 0 Å². The van der Waals surface area contributed by atoms with Gasteiger partial charge >= 0.3 is 0 Å². The molecule has 1 aromatic rings. The van der Waals surface area contributed by atoms with E-state index in [4.69, 9.17) is 0 Å². The standard InChI is InChI=1S/C23H33N3O4/c1-3-19(28)25-12-15-4-5-16(13-25)21(15)24-22(29)20-14(2)10-11-26(23(20)30)17-6-8-18(27)9-7-17/h10-11,15-18,21,27H,3-9,12-13H2,1-2H3,(H,24,29)/t15-,16+,17?,18?,21?. The Bertz CT molecular complexity index is 858. The molecule has 2 saturated carbocycles. The average molecular weight is 416 g/mol. The Kier molecular flexibility index (Phi) is 6.00. The Hall–Kier alpha value is -2.15. The largest absolute Gasteiger partial charge is 0.393 e. The third-order valence-electron chi connectivity index (χ3n) is 7.40. The van der Waals surface area contributed by atoms with Crippen LogP contribution in [0.5, 0.6) is 0 Å². The lowest BCUT2D eigenvalue weighted by atomic mass is 9.91. The first kappa shape index (κ1) is 21.1. The molecule has 2 amide bonds. The minimum absolute atomic E-state index is 0.0238. The summed E-state index contributed by atoms with van der Waals surface area (Å²) < 4.78 is 1.69. The molecule has 2 N–H and O–H groups in total. The van der Waals surface area contributed by atoms with Crippen LogP contribution in [0.25, 0.3) is 0 Å². The molecule has 2 aliphatic carbocycles. The molecule has 7 nitrogen and oxygen atoms in total. The Morgan fingerprint density at radius 2 is 1.73 bits per heavy atom. The van der Waals surface area contributed by atoms with Crippen molar-refractivity contribution < 1.29 is 14.7 Å². The number of aliphatic hydroxyl groups is 1. The van der Waals surface area contributed by atoms with E-state index in [1.54, 1.807) is 10.8 Å². The number of rotatable bonds is 4. The summed E-state index contributed by atoms with van der Waals surface area (Å²) in [4.78, 5) is 40.4. The number of pyridine rings is 1. The summed E-state index contributed by atoms with van der Waals surface area (Å²) in [5.41, 5.74) is 0.686. The molecule has 1 saturated heterocycles. The van der Waals surface area contributed by atoms with E-state index < -0.39 is 0 Å². The Labute approximate surface area is 177 Å². The van der Waals surface area contributed by atoms with Crippen LogP contribution >= 0.6 is 0 Å². The SMILES string of the molecule is CCC(=O)N1C[C@H]2CC[C@@H](C1)C2NC(=O)c1c(C)ccn(C2CCC(O)CC2)c1=O. The smallest absolute Gasteiger partial charge is 0.263 e. The molecule has 30 heavy (non-hydrogen) atoms. The molecule has 0 spiro atoms. The van der Waals surface area contributed by atoms with Gasteiger partial charge in [0.2, 0.25) is 5.91 Å². The highest BCUT2D eigenvalue weighted by atomic mass is 16.3. The second kappa shape index (κ2) is 8.53. The number of aryl methyl sites for hydroxylation is 1. The number of nitrogens with zero attached hydrogens (tertiary/aromatic N) is 2. The van der Waals surface area contributed by atoms with E-state index in [0.29, 0.717) is 37.9 Å². The zero-order valence-electron chi connectivity index (χ0n) is 18.0. The number of aliphatic hydroxyl groups excluding tert-OH is 1. The van der Waals surface area contributed by atoms with Gasteiger partial charge in [0.05, 0.1) is 6.10 Å². The second-order valence-corrected chi connectivity index (χ2v) is 9.30. The quantitative estimate of drug-likeness (QED) is 0.787. The Morgan fingerprint density at radius 1 is 1.10 bits per heavy atom. The lowest BCUT2D eigenvalue weighted by Gasteiger charge is -2.38. The molecule has 2 heterocycles. The Morgan fingerprint density at radius 3 is 2.33 bits per heavy atom. The normalized spacial score (nSPS) is 30.9. The van der Waals surface area contributed by atoms with Gasteiger partial charge in [0.15, 0.2) is 0 Å². The number of carbonyl (C=O) groups excluding carboxylic acids is 2. The van der Waals surface area contributed by atoms with Crippen LogP contribution in [-0.2, 0) is 4.79 Å².